The largest absolute Gasteiger partial charge is 0.405 e. The summed E-state index contributed by atoms with van der Waals surface area (Å²) in [6, 6.07) is 1.81. The molecule has 0 amide bonds. The summed E-state index contributed by atoms with van der Waals surface area (Å²) in [5.74, 6) is 0.505. The van der Waals surface area contributed by atoms with Gasteiger partial charge in [0.1, 0.15) is 6.54 Å². The Balaban J connectivity index is 1.71. The Bertz CT molecular complexity index is 1060. The summed E-state index contributed by atoms with van der Waals surface area (Å²) in [6.07, 6.45) is 4.13. The second-order valence-corrected chi connectivity index (χ2v) is 5.52. The van der Waals surface area contributed by atoms with Crippen molar-refractivity contribution in [3.05, 3.63) is 42.7 Å². The van der Waals surface area contributed by atoms with Crippen LogP contribution >= 0.6 is 0 Å². The second-order valence-electron chi connectivity index (χ2n) is 5.52. The summed E-state index contributed by atoms with van der Waals surface area (Å²) < 4.78 is 40.2. The number of halogens is 3. The molecule has 0 spiro atoms. The van der Waals surface area contributed by atoms with E-state index in [0.29, 0.717) is 11.3 Å². The lowest BCUT2D eigenvalue weighted by molar-refractivity contribution is -0.115. The Kier molecular flexibility index (Phi) is 3.34. The van der Waals surface area contributed by atoms with Gasteiger partial charge in [0.15, 0.2) is 0 Å². The number of hydrogen-bond acceptors (Lipinski definition) is 5. The molecular formula is C15H12F3N7. The van der Waals surface area contributed by atoms with E-state index in [1.807, 2.05) is 23.6 Å². The van der Waals surface area contributed by atoms with Crippen LogP contribution in [0, 0.1) is 6.92 Å². The number of alkyl halides is 3. The van der Waals surface area contributed by atoms with Crippen LogP contribution in [0.4, 0.5) is 19.1 Å². The highest BCUT2D eigenvalue weighted by Crippen LogP contribution is 2.25. The number of nitrogens with zero attached hydrogens (tertiary/aromatic N) is 6. The third-order valence-corrected chi connectivity index (χ3v) is 3.72. The lowest BCUT2D eigenvalue weighted by atomic mass is 10.1. The fourth-order valence-electron chi connectivity index (χ4n) is 2.53. The monoisotopic (exact) mass is 347 g/mol. The van der Waals surface area contributed by atoms with Crippen LogP contribution in [0.5, 0.6) is 0 Å². The molecule has 0 unspecified atom stereocenters. The number of nitrogens with one attached hydrogen (secondary N) is 1. The van der Waals surface area contributed by atoms with Gasteiger partial charge >= 0.3 is 6.18 Å². The van der Waals surface area contributed by atoms with Crippen molar-refractivity contribution in [3.8, 4) is 11.1 Å². The smallest absolute Gasteiger partial charge is 0.344 e. The molecule has 0 aliphatic heterocycles. The van der Waals surface area contributed by atoms with Gasteiger partial charge in [0.2, 0.25) is 11.7 Å². The molecule has 4 aromatic heterocycles. The predicted molar refractivity (Wildman–Crippen MR) is 84.2 cm³/mol. The Morgan fingerprint density at radius 1 is 1.12 bits per heavy atom. The Morgan fingerprint density at radius 2 is 1.92 bits per heavy atom. The zero-order valence-electron chi connectivity index (χ0n) is 13.0. The van der Waals surface area contributed by atoms with E-state index in [-0.39, 0.29) is 5.95 Å². The van der Waals surface area contributed by atoms with Crippen molar-refractivity contribution < 1.29 is 13.2 Å². The lowest BCUT2D eigenvalue weighted by Gasteiger charge is -2.08. The SMILES string of the molecule is Cc1cnc2ncc(-c3ccn4nc(NCC(F)(F)F)ncc34)cn12. The van der Waals surface area contributed by atoms with Crippen molar-refractivity contribution in [3.63, 3.8) is 0 Å². The van der Waals surface area contributed by atoms with Crippen LogP contribution in [-0.2, 0) is 0 Å². The van der Waals surface area contributed by atoms with Gasteiger partial charge in [-0.05, 0) is 13.0 Å². The van der Waals surface area contributed by atoms with Gasteiger partial charge in [-0.3, -0.25) is 4.40 Å². The van der Waals surface area contributed by atoms with Gasteiger partial charge in [-0.15, -0.1) is 5.10 Å². The van der Waals surface area contributed by atoms with Crippen LogP contribution in [0.3, 0.4) is 0 Å². The van der Waals surface area contributed by atoms with E-state index in [2.05, 4.69) is 25.4 Å². The first-order valence-corrected chi connectivity index (χ1v) is 7.36. The van der Waals surface area contributed by atoms with Crippen LogP contribution in [0.2, 0.25) is 0 Å². The first-order valence-electron chi connectivity index (χ1n) is 7.36. The average Bonchev–Trinajstić information content (AvgIpc) is 3.15. The van der Waals surface area contributed by atoms with Crippen molar-refractivity contribution in [2.75, 3.05) is 11.9 Å². The van der Waals surface area contributed by atoms with Crippen molar-refractivity contribution in [2.45, 2.75) is 13.1 Å². The fourth-order valence-corrected chi connectivity index (χ4v) is 2.53. The summed E-state index contributed by atoms with van der Waals surface area (Å²) >= 11 is 0. The molecule has 0 saturated carbocycles. The quantitative estimate of drug-likeness (QED) is 0.617. The van der Waals surface area contributed by atoms with Crippen LogP contribution in [0.25, 0.3) is 22.4 Å². The van der Waals surface area contributed by atoms with Crippen LogP contribution < -0.4 is 5.32 Å². The van der Waals surface area contributed by atoms with Gasteiger partial charge in [-0.25, -0.2) is 19.5 Å². The van der Waals surface area contributed by atoms with Crippen molar-refractivity contribution in [1.82, 2.24) is 29.0 Å². The van der Waals surface area contributed by atoms with Crippen LogP contribution in [-0.4, -0.2) is 41.7 Å². The molecule has 4 heterocycles. The van der Waals surface area contributed by atoms with Crippen molar-refractivity contribution >= 4 is 17.2 Å². The molecule has 0 fully saturated rings. The molecule has 128 valence electrons. The molecular weight excluding hydrogens is 335 g/mol. The molecule has 1 N–H and O–H groups in total. The standard InChI is InChI=1S/C15H12F3N7/c1-9-4-20-14-21-5-10(7-24(9)14)11-2-3-25-12(11)6-19-13(23-25)22-8-15(16,17)18/h2-7H,8H2,1H3,(H,22,23). The van der Waals surface area contributed by atoms with Gasteiger partial charge < -0.3 is 5.32 Å². The molecule has 0 saturated heterocycles. The minimum atomic E-state index is -4.33. The third-order valence-electron chi connectivity index (χ3n) is 3.72. The maximum Gasteiger partial charge on any atom is 0.405 e. The Morgan fingerprint density at radius 3 is 2.72 bits per heavy atom. The molecule has 0 aliphatic rings. The highest BCUT2D eigenvalue weighted by Gasteiger charge is 2.27. The summed E-state index contributed by atoms with van der Waals surface area (Å²) in [5.41, 5.74) is 3.26. The van der Waals surface area contributed by atoms with Gasteiger partial charge in [0.05, 0.1) is 17.9 Å². The summed E-state index contributed by atoms with van der Waals surface area (Å²) in [5, 5.41) is 6.21. The summed E-state index contributed by atoms with van der Waals surface area (Å²) in [7, 11) is 0. The molecule has 10 heteroatoms. The van der Waals surface area contributed by atoms with Gasteiger partial charge in [-0.2, -0.15) is 13.2 Å². The van der Waals surface area contributed by atoms with E-state index in [1.54, 1.807) is 18.6 Å². The van der Waals surface area contributed by atoms with E-state index in [1.165, 1.54) is 10.7 Å². The van der Waals surface area contributed by atoms with Crippen molar-refractivity contribution in [2.24, 2.45) is 0 Å². The highest BCUT2D eigenvalue weighted by molar-refractivity contribution is 5.79. The number of anilines is 1. The number of rotatable bonds is 3. The predicted octanol–water partition coefficient (Wildman–Crippen LogP) is 2.72. The molecule has 0 atom stereocenters. The molecule has 0 bridgehead atoms. The Labute approximate surface area is 139 Å². The average molecular weight is 347 g/mol. The van der Waals surface area contributed by atoms with E-state index in [9.17, 15) is 13.2 Å². The first kappa shape index (κ1) is 15.4. The molecule has 4 rings (SSSR count). The normalized spacial score (nSPS) is 12.2. The van der Waals surface area contributed by atoms with Crippen LogP contribution in [0.15, 0.2) is 37.1 Å². The number of fused-ring (bicyclic) bond motifs is 2. The number of aromatic nitrogens is 6. The molecule has 0 radical (unpaired) electrons. The zero-order chi connectivity index (χ0) is 17.6. The maximum atomic E-state index is 12.3. The zero-order valence-corrected chi connectivity index (χ0v) is 13.0. The van der Waals surface area contributed by atoms with Gasteiger partial charge in [0, 0.05) is 35.4 Å². The molecule has 0 aliphatic carbocycles. The number of aryl methyl sites for hydroxylation is 1. The highest BCUT2D eigenvalue weighted by atomic mass is 19.4. The fraction of sp³-hybridized carbons (Fsp3) is 0.200. The number of imidazole rings is 1. The van der Waals surface area contributed by atoms with E-state index in [0.717, 1.165) is 16.8 Å². The maximum absolute atomic E-state index is 12.3. The van der Waals surface area contributed by atoms with Gasteiger partial charge in [-0.1, -0.05) is 0 Å². The van der Waals surface area contributed by atoms with E-state index in [4.69, 9.17) is 0 Å². The lowest BCUT2D eigenvalue weighted by Crippen LogP contribution is -2.22. The van der Waals surface area contributed by atoms with Gasteiger partial charge in [0.25, 0.3) is 0 Å². The second kappa shape index (κ2) is 5.43. The van der Waals surface area contributed by atoms with Crippen molar-refractivity contribution in [1.29, 1.82) is 0 Å². The Hall–Kier alpha value is -3.17. The summed E-state index contributed by atoms with van der Waals surface area (Å²) in [4.78, 5) is 12.4. The molecule has 0 aromatic carbocycles. The summed E-state index contributed by atoms with van der Waals surface area (Å²) in [6.45, 7) is 0.734. The minimum absolute atomic E-state index is 0.0917. The minimum Gasteiger partial charge on any atom is -0.344 e. The van der Waals surface area contributed by atoms with Crippen LogP contribution in [0.1, 0.15) is 5.69 Å². The molecule has 4 aromatic rings. The molecule has 7 nitrogen and oxygen atoms in total. The topological polar surface area (TPSA) is 72.4 Å². The van der Waals surface area contributed by atoms with E-state index >= 15 is 0 Å². The molecule has 25 heavy (non-hydrogen) atoms. The third kappa shape index (κ3) is 2.86. The number of hydrogen-bond donors (Lipinski definition) is 1. The first-order chi connectivity index (χ1) is 11.9. The van der Waals surface area contributed by atoms with E-state index < -0.39 is 12.7 Å².